The molecule has 0 radical (unpaired) electrons. The van der Waals surface area contributed by atoms with Gasteiger partial charge in [-0.15, -0.1) is 0 Å². The van der Waals surface area contributed by atoms with Gasteiger partial charge >= 0.3 is 17.9 Å². The van der Waals surface area contributed by atoms with Crippen molar-refractivity contribution in [2.24, 2.45) is 28.6 Å². The first-order valence-electron chi connectivity index (χ1n) is 16.1. The van der Waals surface area contributed by atoms with Crippen LogP contribution < -0.4 is 0 Å². The summed E-state index contributed by atoms with van der Waals surface area (Å²) in [5, 5.41) is 35.5. The van der Waals surface area contributed by atoms with Gasteiger partial charge in [-0.05, 0) is 81.6 Å². The second-order valence-electron chi connectivity index (χ2n) is 14.4. The number of ether oxygens (including phenoxy) is 5. The van der Waals surface area contributed by atoms with E-state index in [-0.39, 0.29) is 43.2 Å². The Morgan fingerprint density at radius 1 is 1.02 bits per heavy atom. The summed E-state index contributed by atoms with van der Waals surface area (Å²) >= 11 is 0. The Morgan fingerprint density at radius 3 is 2.41 bits per heavy atom. The molecule has 2 aliphatic heterocycles. The zero-order valence-electron chi connectivity index (χ0n) is 26.1. The minimum absolute atomic E-state index is 0.0528. The van der Waals surface area contributed by atoms with Crippen molar-refractivity contribution in [3.05, 3.63) is 11.6 Å². The molecule has 6 aliphatic rings. The maximum atomic E-state index is 12.5. The van der Waals surface area contributed by atoms with Crippen molar-refractivity contribution in [2.45, 2.75) is 134 Å². The molecule has 0 amide bonds. The van der Waals surface area contributed by atoms with Gasteiger partial charge in [0.1, 0.15) is 12.7 Å². The van der Waals surface area contributed by atoms with E-state index < -0.39 is 64.7 Å². The van der Waals surface area contributed by atoms with Gasteiger partial charge in [-0.3, -0.25) is 9.59 Å². The van der Waals surface area contributed by atoms with Crippen LogP contribution in [0.25, 0.3) is 0 Å². The van der Waals surface area contributed by atoms with E-state index in [0.717, 1.165) is 12.0 Å². The zero-order chi connectivity index (χ0) is 31.7. The highest BCUT2D eigenvalue weighted by molar-refractivity contribution is 5.85. The number of cyclic esters (lactones) is 1. The number of fused-ring (bicyclic) bond motifs is 5. The minimum atomic E-state index is -1.29. The average Bonchev–Trinajstić information content (AvgIpc) is 3.49. The Labute approximate surface area is 258 Å². The maximum absolute atomic E-state index is 12.5. The monoisotopic (exact) mass is 615 g/mol. The molecular weight excluding hydrogens is 570 g/mol. The van der Waals surface area contributed by atoms with Crippen LogP contribution in [-0.2, 0) is 38.1 Å². The molecule has 4 saturated carbocycles. The molecule has 2 N–H and O–H groups in total. The number of carbonyl (C=O) groups is 3. The Bertz CT molecular complexity index is 1280. The number of aliphatic hydroxyl groups is 2. The summed E-state index contributed by atoms with van der Waals surface area (Å²) in [6.07, 6.45) is 3.53. The first-order valence-corrected chi connectivity index (χ1v) is 16.1. The SMILES string of the molecule is CC(=O)O[C@H]1[C@@H](C)O[C@@H](O[C@@H]2CC[C@]3(C#N)[C@H]4CC[C@]5(C)[C@H](C6=CC(=O)OC6)CC[C@]5(O)[C@@H]4CC[C@]3(O)C2)C[C@H]1OC(C)=O. The van der Waals surface area contributed by atoms with E-state index in [4.69, 9.17) is 23.7 Å². The van der Waals surface area contributed by atoms with Crippen LogP contribution in [0.1, 0.15) is 91.9 Å². The van der Waals surface area contributed by atoms with Crippen molar-refractivity contribution in [1.29, 1.82) is 5.26 Å². The second-order valence-corrected chi connectivity index (χ2v) is 14.4. The van der Waals surface area contributed by atoms with Crippen LogP contribution in [0.4, 0.5) is 0 Å². The lowest BCUT2D eigenvalue weighted by molar-refractivity contribution is -0.287. The Balaban J connectivity index is 1.18. The van der Waals surface area contributed by atoms with Gasteiger partial charge in [0.2, 0.25) is 0 Å². The highest BCUT2D eigenvalue weighted by atomic mass is 16.7. The van der Waals surface area contributed by atoms with Gasteiger partial charge in [0, 0.05) is 38.2 Å². The lowest BCUT2D eigenvalue weighted by Gasteiger charge is -2.64. The first kappa shape index (κ1) is 31.5. The van der Waals surface area contributed by atoms with Crippen molar-refractivity contribution in [3.8, 4) is 6.07 Å². The molecule has 1 saturated heterocycles. The van der Waals surface area contributed by atoms with E-state index in [0.29, 0.717) is 44.9 Å². The van der Waals surface area contributed by atoms with Gasteiger partial charge in [-0.1, -0.05) is 6.92 Å². The number of esters is 3. The molecule has 44 heavy (non-hydrogen) atoms. The van der Waals surface area contributed by atoms with E-state index in [2.05, 4.69) is 13.0 Å². The molecule has 11 nitrogen and oxygen atoms in total. The summed E-state index contributed by atoms with van der Waals surface area (Å²) in [7, 11) is 0. The lowest BCUT2D eigenvalue weighted by Crippen LogP contribution is -2.68. The molecule has 4 aliphatic carbocycles. The van der Waals surface area contributed by atoms with E-state index in [1.807, 2.05) is 0 Å². The van der Waals surface area contributed by atoms with Crippen LogP contribution in [0.5, 0.6) is 0 Å². The van der Waals surface area contributed by atoms with Gasteiger partial charge in [0.05, 0.1) is 34.9 Å². The number of carbonyl (C=O) groups excluding carboxylic acids is 3. The average molecular weight is 616 g/mol. The number of hydrogen-bond donors (Lipinski definition) is 2. The molecule has 0 bridgehead atoms. The van der Waals surface area contributed by atoms with Crippen molar-refractivity contribution in [3.63, 3.8) is 0 Å². The van der Waals surface area contributed by atoms with E-state index >= 15 is 0 Å². The molecule has 0 aromatic heterocycles. The third-order valence-electron chi connectivity index (χ3n) is 12.3. The normalized spacial score (nSPS) is 48.1. The van der Waals surface area contributed by atoms with Crippen LogP contribution >= 0.6 is 0 Å². The molecule has 5 fully saturated rings. The van der Waals surface area contributed by atoms with Gasteiger partial charge in [0.25, 0.3) is 0 Å². The zero-order valence-corrected chi connectivity index (χ0v) is 26.1. The molecule has 11 heteroatoms. The summed E-state index contributed by atoms with van der Waals surface area (Å²) in [4.78, 5) is 35.3. The van der Waals surface area contributed by atoms with Crippen LogP contribution in [0, 0.1) is 39.9 Å². The summed E-state index contributed by atoms with van der Waals surface area (Å²) in [6, 6.07) is 2.59. The van der Waals surface area contributed by atoms with E-state index in [1.165, 1.54) is 13.8 Å². The molecule has 0 aromatic carbocycles. The molecule has 2 heterocycles. The van der Waals surface area contributed by atoms with Crippen molar-refractivity contribution in [2.75, 3.05) is 6.61 Å². The fourth-order valence-corrected chi connectivity index (χ4v) is 10.4. The number of nitriles is 1. The number of rotatable bonds is 5. The quantitative estimate of drug-likeness (QED) is 0.265. The molecule has 0 spiro atoms. The molecule has 242 valence electrons. The van der Waals surface area contributed by atoms with Crippen molar-refractivity contribution in [1.82, 2.24) is 0 Å². The first-order chi connectivity index (χ1) is 20.7. The second kappa shape index (κ2) is 11.1. The summed E-state index contributed by atoms with van der Waals surface area (Å²) in [5.41, 5.74) is -2.78. The predicted octanol–water partition coefficient (Wildman–Crippen LogP) is 3.25. The molecule has 0 aromatic rings. The fourth-order valence-electron chi connectivity index (χ4n) is 10.4. The van der Waals surface area contributed by atoms with E-state index in [9.17, 15) is 29.9 Å². The van der Waals surface area contributed by atoms with Crippen molar-refractivity contribution < 1.29 is 48.3 Å². The topological polar surface area (TPSA) is 162 Å². The van der Waals surface area contributed by atoms with Crippen LogP contribution in [0.2, 0.25) is 0 Å². The van der Waals surface area contributed by atoms with Crippen LogP contribution in [0.3, 0.4) is 0 Å². The lowest BCUT2D eigenvalue weighted by atomic mass is 9.41. The molecule has 12 atom stereocenters. The molecule has 6 rings (SSSR count). The third-order valence-corrected chi connectivity index (χ3v) is 12.3. The summed E-state index contributed by atoms with van der Waals surface area (Å²) in [5.74, 6) is -1.56. The maximum Gasteiger partial charge on any atom is 0.331 e. The summed E-state index contributed by atoms with van der Waals surface area (Å²) < 4.78 is 28.5. The standard InChI is InChI=1S/C33H45NO10/c1-18-29(43-20(3)36)26(42-19(2)35)14-28(41-18)44-22-5-10-31(17-34)24-6-9-30(4)23(21-13-27(37)40-16-21)8-12-33(30,39)25(24)7-11-32(31,38)15-22/h13,18,22-26,28-29,38-39H,5-12,14-16H2,1-4H3/t18-,22-,23+,24+,25-,26-,28+,29+,30-,31+,32+,33+/m1/s1. The van der Waals surface area contributed by atoms with Gasteiger partial charge in [-0.25, -0.2) is 4.79 Å². The van der Waals surface area contributed by atoms with Crippen LogP contribution in [-0.4, -0.2) is 76.6 Å². The summed E-state index contributed by atoms with van der Waals surface area (Å²) in [6.45, 7) is 6.74. The smallest absolute Gasteiger partial charge is 0.331 e. The highest BCUT2D eigenvalue weighted by Gasteiger charge is 2.72. The predicted molar refractivity (Wildman–Crippen MR) is 152 cm³/mol. The number of nitrogens with zero attached hydrogens (tertiary/aromatic N) is 1. The Morgan fingerprint density at radius 2 is 1.75 bits per heavy atom. The molecule has 0 unspecified atom stereocenters. The van der Waals surface area contributed by atoms with E-state index in [1.54, 1.807) is 13.0 Å². The Hall–Kier alpha value is -2.52. The number of hydrogen-bond acceptors (Lipinski definition) is 11. The highest BCUT2D eigenvalue weighted by Crippen LogP contribution is 2.70. The van der Waals surface area contributed by atoms with Gasteiger partial charge in [-0.2, -0.15) is 5.26 Å². The largest absolute Gasteiger partial charge is 0.458 e. The van der Waals surface area contributed by atoms with Crippen molar-refractivity contribution >= 4 is 17.9 Å². The third kappa shape index (κ3) is 4.79. The van der Waals surface area contributed by atoms with Gasteiger partial charge in [0.15, 0.2) is 12.4 Å². The fraction of sp³-hybridized carbons (Fsp3) is 0.818. The Kier molecular flexibility index (Phi) is 7.92. The van der Waals surface area contributed by atoms with Crippen LogP contribution in [0.15, 0.2) is 11.6 Å². The molecular formula is C33H45NO10. The minimum Gasteiger partial charge on any atom is -0.458 e. The van der Waals surface area contributed by atoms with Gasteiger partial charge < -0.3 is 33.9 Å².